The van der Waals surface area contributed by atoms with Gasteiger partial charge in [0, 0.05) is 11.6 Å². The maximum absolute atomic E-state index is 12.8. The maximum atomic E-state index is 12.8. The SMILES string of the molecule is CC(C)(C)c1ccc(C(=O)N[C@H]2C(C)(C)[C@H]3CC[C@]2(C)C3)cc1. The predicted molar refractivity (Wildman–Crippen MR) is 95.6 cm³/mol. The molecule has 1 aromatic carbocycles. The van der Waals surface area contributed by atoms with E-state index in [4.69, 9.17) is 0 Å². The van der Waals surface area contributed by atoms with Crippen LogP contribution < -0.4 is 5.32 Å². The number of amides is 1. The summed E-state index contributed by atoms with van der Waals surface area (Å²) in [4.78, 5) is 12.8. The van der Waals surface area contributed by atoms with E-state index in [2.05, 4.69) is 59.0 Å². The molecule has 126 valence electrons. The molecule has 0 unspecified atom stereocenters. The standard InChI is InChI=1S/C21H31NO/c1-19(2,3)15-9-7-14(8-10-15)17(23)22-18-20(4,5)16-11-12-21(18,6)13-16/h7-10,16,18H,11-13H2,1-6H3,(H,22,23)/t16-,18-,21+/m0/s1. The summed E-state index contributed by atoms with van der Waals surface area (Å²) in [7, 11) is 0. The molecule has 1 amide bonds. The molecule has 0 radical (unpaired) electrons. The second-order valence-corrected chi connectivity index (χ2v) is 9.65. The highest BCUT2D eigenvalue weighted by Crippen LogP contribution is 2.62. The van der Waals surface area contributed by atoms with Gasteiger partial charge in [-0.1, -0.05) is 53.7 Å². The van der Waals surface area contributed by atoms with E-state index in [1.807, 2.05) is 12.1 Å². The van der Waals surface area contributed by atoms with E-state index in [0.29, 0.717) is 0 Å². The number of fused-ring (bicyclic) bond motifs is 2. The van der Waals surface area contributed by atoms with E-state index in [1.165, 1.54) is 24.8 Å². The Morgan fingerprint density at radius 1 is 1.13 bits per heavy atom. The molecule has 2 bridgehead atoms. The molecule has 3 rings (SSSR count). The Kier molecular flexibility index (Phi) is 3.66. The average molecular weight is 313 g/mol. The molecule has 2 saturated carbocycles. The summed E-state index contributed by atoms with van der Waals surface area (Å²) in [5.74, 6) is 0.832. The Labute approximate surface area is 141 Å². The lowest BCUT2D eigenvalue weighted by molar-refractivity contribution is 0.0737. The van der Waals surface area contributed by atoms with Crippen LogP contribution >= 0.6 is 0 Å². The van der Waals surface area contributed by atoms with Gasteiger partial charge in [-0.05, 0) is 59.1 Å². The van der Waals surface area contributed by atoms with Crippen molar-refractivity contribution in [3.05, 3.63) is 35.4 Å². The van der Waals surface area contributed by atoms with Gasteiger partial charge in [0.25, 0.3) is 5.91 Å². The van der Waals surface area contributed by atoms with Crippen molar-refractivity contribution in [2.75, 3.05) is 0 Å². The number of rotatable bonds is 2. The van der Waals surface area contributed by atoms with Gasteiger partial charge in [-0.2, -0.15) is 0 Å². The highest BCUT2D eigenvalue weighted by Gasteiger charge is 2.59. The molecule has 1 aromatic rings. The zero-order chi connectivity index (χ0) is 17.0. The summed E-state index contributed by atoms with van der Waals surface area (Å²) in [6.07, 6.45) is 3.82. The third-order valence-electron chi connectivity index (χ3n) is 6.56. The third kappa shape index (κ3) is 2.70. The minimum absolute atomic E-state index is 0.0808. The Morgan fingerprint density at radius 2 is 1.74 bits per heavy atom. The molecule has 1 N–H and O–H groups in total. The fourth-order valence-corrected chi connectivity index (χ4v) is 5.00. The summed E-state index contributed by atoms with van der Waals surface area (Å²) in [5, 5.41) is 3.38. The summed E-state index contributed by atoms with van der Waals surface area (Å²) in [6, 6.07) is 8.39. The maximum Gasteiger partial charge on any atom is 0.251 e. The van der Waals surface area contributed by atoms with Crippen LogP contribution in [0.1, 0.15) is 76.7 Å². The van der Waals surface area contributed by atoms with Crippen molar-refractivity contribution in [1.82, 2.24) is 5.32 Å². The molecule has 0 spiro atoms. The van der Waals surface area contributed by atoms with Crippen LogP contribution in [-0.2, 0) is 5.41 Å². The van der Waals surface area contributed by atoms with Crippen LogP contribution in [0, 0.1) is 16.7 Å². The molecule has 0 aliphatic heterocycles. The van der Waals surface area contributed by atoms with Crippen molar-refractivity contribution < 1.29 is 4.79 Å². The van der Waals surface area contributed by atoms with Crippen LogP contribution in [0.25, 0.3) is 0 Å². The van der Waals surface area contributed by atoms with Crippen molar-refractivity contribution in [2.45, 2.75) is 72.3 Å². The van der Waals surface area contributed by atoms with Gasteiger partial charge in [0.2, 0.25) is 0 Å². The Bertz CT molecular complexity index is 603. The van der Waals surface area contributed by atoms with E-state index in [-0.39, 0.29) is 28.2 Å². The van der Waals surface area contributed by atoms with Gasteiger partial charge < -0.3 is 5.32 Å². The highest BCUT2D eigenvalue weighted by molar-refractivity contribution is 5.94. The van der Waals surface area contributed by atoms with Crippen LogP contribution in [0.5, 0.6) is 0 Å². The second kappa shape index (κ2) is 5.09. The van der Waals surface area contributed by atoms with Gasteiger partial charge in [-0.25, -0.2) is 0 Å². The molecule has 2 nitrogen and oxygen atoms in total. The Morgan fingerprint density at radius 3 is 2.22 bits per heavy atom. The smallest absolute Gasteiger partial charge is 0.251 e. The number of nitrogens with one attached hydrogen (secondary N) is 1. The first-order chi connectivity index (χ1) is 10.5. The van der Waals surface area contributed by atoms with Crippen LogP contribution in [0.2, 0.25) is 0 Å². The van der Waals surface area contributed by atoms with E-state index < -0.39 is 0 Å². The molecule has 2 aliphatic carbocycles. The zero-order valence-electron chi connectivity index (χ0n) is 15.5. The minimum Gasteiger partial charge on any atom is -0.348 e. The van der Waals surface area contributed by atoms with E-state index >= 15 is 0 Å². The zero-order valence-corrected chi connectivity index (χ0v) is 15.5. The molecule has 23 heavy (non-hydrogen) atoms. The average Bonchev–Trinajstić information content (AvgIpc) is 2.94. The van der Waals surface area contributed by atoms with Gasteiger partial charge >= 0.3 is 0 Å². The number of hydrogen-bond acceptors (Lipinski definition) is 1. The van der Waals surface area contributed by atoms with Crippen molar-refractivity contribution in [2.24, 2.45) is 16.7 Å². The third-order valence-corrected chi connectivity index (χ3v) is 6.56. The first-order valence-electron chi connectivity index (χ1n) is 8.95. The number of benzene rings is 1. The van der Waals surface area contributed by atoms with Crippen molar-refractivity contribution in [1.29, 1.82) is 0 Å². The molecule has 2 aliphatic rings. The molecule has 3 atom stereocenters. The van der Waals surface area contributed by atoms with Gasteiger partial charge in [-0.3, -0.25) is 4.79 Å². The van der Waals surface area contributed by atoms with Crippen molar-refractivity contribution in [3.63, 3.8) is 0 Å². The molecule has 0 heterocycles. The van der Waals surface area contributed by atoms with Gasteiger partial charge in [-0.15, -0.1) is 0 Å². The topological polar surface area (TPSA) is 29.1 Å². The lowest BCUT2D eigenvalue weighted by Crippen LogP contribution is -2.52. The van der Waals surface area contributed by atoms with Gasteiger partial charge in [0.15, 0.2) is 0 Å². The first-order valence-corrected chi connectivity index (χ1v) is 8.95. The quantitative estimate of drug-likeness (QED) is 0.824. The fraction of sp³-hybridized carbons (Fsp3) is 0.667. The van der Waals surface area contributed by atoms with Gasteiger partial charge in [0.1, 0.15) is 0 Å². The molecule has 0 aromatic heterocycles. The predicted octanol–water partition coefficient (Wildman–Crippen LogP) is 4.93. The molecule has 2 fully saturated rings. The number of hydrogen-bond donors (Lipinski definition) is 1. The fourth-order valence-electron chi connectivity index (χ4n) is 5.00. The van der Waals surface area contributed by atoms with Crippen LogP contribution in [0.15, 0.2) is 24.3 Å². The second-order valence-electron chi connectivity index (χ2n) is 9.65. The molecule has 2 heteroatoms. The lowest BCUT2D eigenvalue weighted by atomic mass is 9.68. The van der Waals surface area contributed by atoms with Crippen molar-refractivity contribution >= 4 is 5.91 Å². The van der Waals surface area contributed by atoms with Crippen LogP contribution in [-0.4, -0.2) is 11.9 Å². The van der Waals surface area contributed by atoms with Gasteiger partial charge in [0.05, 0.1) is 0 Å². The molecule has 0 saturated heterocycles. The summed E-state index contributed by atoms with van der Waals surface area (Å²) < 4.78 is 0. The number of carbonyl (C=O) groups excluding carboxylic acids is 1. The van der Waals surface area contributed by atoms with Crippen LogP contribution in [0.4, 0.5) is 0 Å². The lowest BCUT2D eigenvalue weighted by Gasteiger charge is -2.43. The highest BCUT2D eigenvalue weighted by atomic mass is 16.1. The monoisotopic (exact) mass is 313 g/mol. The number of carbonyl (C=O) groups is 1. The summed E-state index contributed by atoms with van der Waals surface area (Å²) in [6.45, 7) is 13.6. The van der Waals surface area contributed by atoms with E-state index in [1.54, 1.807) is 0 Å². The van der Waals surface area contributed by atoms with Crippen LogP contribution in [0.3, 0.4) is 0 Å². The minimum atomic E-state index is 0.0808. The first kappa shape index (κ1) is 16.5. The molecular weight excluding hydrogens is 282 g/mol. The summed E-state index contributed by atoms with van der Waals surface area (Å²) >= 11 is 0. The Hall–Kier alpha value is -1.31. The largest absolute Gasteiger partial charge is 0.348 e. The Balaban J connectivity index is 1.77. The normalized spacial score (nSPS) is 32.1. The van der Waals surface area contributed by atoms with E-state index in [0.717, 1.165) is 11.5 Å². The van der Waals surface area contributed by atoms with E-state index in [9.17, 15) is 4.79 Å². The molecular formula is C21H31NO. The summed E-state index contributed by atoms with van der Waals surface area (Å²) in [5.41, 5.74) is 2.64. The van der Waals surface area contributed by atoms with Crippen molar-refractivity contribution in [3.8, 4) is 0 Å².